The largest absolute Gasteiger partial charge is 0.0987 e. The van der Waals surface area contributed by atoms with E-state index < -0.39 is 0 Å². The number of hydrogen-bond acceptors (Lipinski definition) is 0. The maximum atomic E-state index is 3.90. The summed E-state index contributed by atoms with van der Waals surface area (Å²) >= 11 is 0. The van der Waals surface area contributed by atoms with E-state index in [0.29, 0.717) is 0 Å². The van der Waals surface area contributed by atoms with Crippen molar-refractivity contribution in [3.05, 3.63) is 59.8 Å². The van der Waals surface area contributed by atoms with Crippen LogP contribution in [0.15, 0.2) is 59.8 Å². The first-order valence-electron chi connectivity index (χ1n) is 5.04. The van der Waals surface area contributed by atoms with Crippen molar-refractivity contribution in [3.8, 4) is 0 Å². The first kappa shape index (κ1) is 9.26. The van der Waals surface area contributed by atoms with Crippen LogP contribution in [0, 0.1) is 5.41 Å². The number of allylic oxidation sites excluding steroid dienone is 8. The molecule has 0 heterocycles. The first-order valence-corrected chi connectivity index (χ1v) is 5.04. The van der Waals surface area contributed by atoms with Gasteiger partial charge in [0.05, 0.1) is 0 Å². The molecular weight excluding hydrogens is 168 g/mol. The van der Waals surface area contributed by atoms with Crippen LogP contribution in [0.5, 0.6) is 0 Å². The molecule has 14 heavy (non-hydrogen) atoms. The van der Waals surface area contributed by atoms with Crippen molar-refractivity contribution in [2.24, 2.45) is 5.41 Å². The Labute approximate surface area is 86.0 Å². The monoisotopic (exact) mass is 184 g/mol. The second kappa shape index (κ2) is 2.84. The smallest absolute Gasteiger partial charge is 0.0155 e. The summed E-state index contributed by atoms with van der Waals surface area (Å²) in [5, 5.41) is 0. The number of hydrogen-bond donors (Lipinski definition) is 0. The van der Waals surface area contributed by atoms with Crippen molar-refractivity contribution < 1.29 is 0 Å². The van der Waals surface area contributed by atoms with Crippen molar-refractivity contribution in [1.82, 2.24) is 0 Å². The van der Waals surface area contributed by atoms with Gasteiger partial charge in [0.15, 0.2) is 0 Å². The lowest BCUT2D eigenvalue weighted by atomic mass is 9.81. The summed E-state index contributed by atoms with van der Waals surface area (Å²) in [4.78, 5) is 0. The summed E-state index contributed by atoms with van der Waals surface area (Å²) in [6.45, 7) is 12.3. The SMILES string of the molecule is C=CC1=C(C=C)C(C)(C)C2=CCC=C21. The number of rotatable bonds is 2. The normalized spacial score (nSPS) is 23.0. The molecule has 0 aromatic heterocycles. The predicted octanol–water partition coefficient (Wildman–Crippen LogP) is 3.95. The second-order valence-electron chi connectivity index (χ2n) is 4.33. The Kier molecular flexibility index (Phi) is 1.88. The van der Waals surface area contributed by atoms with Gasteiger partial charge < -0.3 is 0 Å². The minimum Gasteiger partial charge on any atom is -0.0987 e. The Morgan fingerprint density at radius 3 is 2.50 bits per heavy atom. The summed E-state index contributed by atoms with van der Waals surface area (Å²) in [5.74, 6) is 0. The Morgan fingerprint density at radius 2 is 1.93 bits per heavy atom. The van der Waals surface area contributed by atoms with Crippen LogP contribution in [0.25, 0.3) is 0 Å². The molecule has 0 aliphatic heterocycles. The van der Waals surface area contributed by atoms with E-state index in [-0.39, 0.29) is 5.41 Å². The van der Waals surface area contributed by atoms with Crippen LogP contribution in [-0.4, -0.2) is 0 Å². The lowest BCUT2D eigenvalue weighted by Gasteiger charge is -2.22. The molecule has 72 valence electrons. The summed E-state index contributed by atoms with van der Waals surface area (Å²) in [6, 6.07) is 0. The van der Waals surface area contributed by atoms with Gasteiger partial charge in [-0.25, -0.2) is 0 Å². The molecule has 2 rings (SSSR count). The van der Waals surface area contributed by atoms with Gasteiger partial charge in [-0.1, -0.05) is 51.3 Å². The fourth-order valence-corrected chi connectivity index (χ4v) is 2.57. The van der Waals surface area contributed by atoms with Crippen molar-refractivity contribution in [2.45, 2.75) is 20.3 Å². The highest BCUT2D eigenvalue weighted by atomic mass is 14.4. The topological polar surface area (TPSA) is 0 Å². The quantitative estimate of drug-likeness (QED) is 0.609. The van der Waals surface area contributed by atoms with Gasteiger partial charge in [0, 0.05) is 5.41 Å². The minimum absolute atomic E-state index is 0.119. The van der Waals surface area contributed by atoms with Gasteiger partial charge in [0.25, 0.3) is 0 Å². The van der Waals surface area contributed by atoms with Gasteiger partial charge in [-0.15, -0.1) is 0 Å². The molecule has 0 unspecified atom stereocenters. The van der Waals surface area contributed by atoms with Crippen molar-refractivity contribution in [1.29, 1.82) is 0 Å². The van der Waals surface area contributed by atoms with Crippen LogP contribution in [0.2, 0.25) is 0 Å². The third kappa shape index (κ3) is 0.942. The summed E-state index contributed by atoms with van der Waals surface area (Å²) in [7, 11) is 0. The third-order valence-corrected chi connectivity index (χ3v) is 3.27. The van der Waals surface area contributed by atoms with Gasteiger partial charge in [-0.05, 0) is 28.7 Å². The van der Waals surface area contributed by atoms with Crippen LogP contribution >= 0.6 is 0 Å². The first-order chi connectivity index (χ1) is 6.62. The summed E-state index contributed by atoms with van der Waals surface area (Å²) < 4.78 is 0. The highest BCUT2D eigenvalue weighted by Crippen LogP contribution is 2.52. The molecule has 2 aliphatic rings. The molecule has 2 aliphatic carbocycles. The van der Waals surface area contributed by atoms with Crippen molar-refractivity contribution in [2.75, 3.05) is 0 Å². The standard InChI is InChI=1S/C14H16/c1-5-10-11-8-7-9-13(11)14(3,4)12(10)6-2/h5-6,8-9H,1-2,7H2,3-4H3. The van der Waals surface area contributed by atoms with Crippen LogP contribution in [0.1, 0.15) is 20.3 Å². The van der Waals surface area contributed by atoms with Gasteiger partial charge >= 0.3 is 0 Å². The van der Waals surface area contributed by atoms with Crippen LogP contribution in [-0.2, 0) is 0 Å². The van der Waals surface area contributed by atoms with Gasteiger partial charge in [0.1, 0.15) is 0 Å². The van der Waals surface area contributed by atoms with E-state index in [1.165, 1.54) is 22.3 Å². The maximum absolute atomic E-state index is 3.90. The number of fused-ring (bicyclic) bond motifs is 1. The van der Waals surface area contributed by atoms with Crippen molar-refractivity contribution >= 4 is 0 Å². The van der Waals surface area contributed by atoms with Gasteiger partial charge in [0.2, 0.25) is 0 Å². The second-order valence-corrected chi connectivity index (χ2v) is 4.33. The molecule has 0 nitrogen and oxygen atoms in total. The molecule has 0 saturated carbocycles. The summed E-state index contributed by atoms with van der Waals surface area (Å²) in [6.07, 6.45) is 9.59. The molecule has 0 amide bonds. The van der Waals surface area contributed by atoms with Gasteiger partial charge in [-0.3, -0.25) is 0 Å². The van der Waals surface area contributed by atoms with E-state index in [1.54, 1.807) is 0 Å². The fraction of sp³-hybridized carbons (Fsp3) is 0.286. The van der Waals surface area contributed by atoms with Gasteiger partial charge in [-0.2, -0.15) is 0 Å². The third-order valence-electron chi connectivity index (χ3n) is 3.27. The van der Waals surface area contributed by atoms with Crippen molar-refractivity contribution in [3.63, 3.8) is 0 Å². The molecule has 0 heteroatoms. The lowest BCUT2D eigenvalue weighted by molar-refractivity contribution is 0.579. The van der Waals surface area contributed by atoms with E-state index in [2.05, 4.69) is 39.2 Å². The van der Waals surface area contributed by atoms with Crippen LogP contribution < -0.4 is 0 Å². The molecule has 0 aromatic rings. The minimum atomic E-state index is 0.119. The summed E-state index contributed by atoms with van der Waals surface area (Å²) in [5.41, 5.74) is 5.52. The predicted molar refractivity (Wildman–Crippen MR) is 62.0 cm³/mol. The van der Waals surface area contributed by atoms with Crippen LogP contribution in [0.3, 0.4) is 0 Å². The molecule has 0 aromatic carbocycles. The molecule has 0 saturated heterocycles. The highest BCUT2D eigenvalue weighted by molar-refractivity contribution is 5.69. The Balaban J connectivity index is 2.69. The average Bonchev–Trinajstić information content (AvgIpc) is 2.67. The van der Waals surface area contributed by atoms with E-state index in [0.717, 1.165) is 6.42 Å². The van der Waals surface area contributed by atoms with E-state index >= 15 is 0 Å². The average molecular weight is 184 g/mol. The zero-order valence-electron chi connectivity index (χ0n) is 8.93. The zero-order valence-corrected chi connectivity index (χ0v) is 8.93. The lowest BCUT2D eigenvalue weighted by Crippen LogP contribution is -2.11. The Morgan fingerprint density at radius 1 is 1.21 bits per heavy atom. The Hall–Kier alpha value is -1.30. The van der Waals surface area contributed by atoms with E-state index in [9.17, 15) is 0 Å². The van der Waals surface area contributed by atoms with Crippen LogP contribution in [0.4, 0.5) is 0 Å². The molecule has 0 atom stereocenters. The highest BCUT2D eigenvalue weighted by Gasteiger charge is 2.38. The maximum Gasteiger partial charge on any atom is 0.0155 e. The zero-order chi connectivity index (χ0) is 10.3. The molecule has 0 spiro atoms. The van der Waals surface area contributed by atoms with E-state index in [1.807, 2.05) is 12.2 Å². The fourth-order valence-electron chi connectivity index (χ4n) is 2.57. The molecule has 0 radical (unpaired) electrons. The molecule has 0 N–H and O–H groups in total. The molecule has 0 bridgehead atoms. The van der Waals surface area contributed by atoms with E-state index in [4.69, 9.17) is 0 Å². The molecular formula is C14H16. The Bertz CT molecular complexity index is 398. The molecule has 0 fully saturated rings.